The number of ether oxygens (including phenoxy) is 1. The third-order valence-corrected chi connectivity index (χ3v) is 5.38. The summed E-state index contributed by atoms with van der Waals surface area (Å²) in [6.07, 6.45) is 8.46. The minimum absolute atomic E-state index is 0.754. The molecule has 3 nitrogen and oxygen atoms in total. The Hall–Kier alpha value is -0.120. The lowest BCUT2D eigenvalue weighted by Gasteiger charge is -2.31. The molecule has 2 fully saturated rings. The summed E-state index contributed by atoms with van der Waals surface area (Å²) < 4.78 is 5.30. The predicted molar refractivity (Wildman–Crippen MR) is 85.1 cm³/mol. The van der Waals surface area contributed by atoms with Gasteiger partial charge in [0.25, 0.3) is 0 Å². The molecule has 1 N–H and O–H groups in total. The molecule has 0 spiro atoms. The topological polar surface area (TPSA) is 24.5 Å². The van der Waals surface area contributed by atoms with E-state index in [4.69, 9.17) is 4.74 Å². The Bertz CT molecular complexity index is 268. The maximum atomic E-state index is 5.30. The first-order valence-electron chi connectivity index (χ1n) is 8.72. The first-order chi connectivity index (χ1) is 9.76. The molecule has 20 heavy (non-hydrogen) atoms. The number of rotatable bonds is 10. The van der Waals surface area contributed by atoms with Crippen molar-refractivity contribution in [2.45, 2.75) is 64.5 Å². The highest BCUT2D eigenvalue weighted by atomic mass is 16.5. The summed E-state index contributed by atoms with van der Waals surface area (Å²) in [6.45, 7) is 9.00. The number of nitrogens with one attached hydrogen (secondary N) is 1. The quantitative estimate of drug-likeness (QED) is 0.667. The van der Waals surface area contributed by atoms with Crippen LogP contribution in [0.4, 0.5) is 0 Å². The molecule has 0 aromatic rings. The monoisotopic (exact) mass is 282 g/mol. The van der Waals surface area contributed by atoms with Crippen LogP contribution in [0.5, 0.6) is 0 Å². The van der Waals surface area contributed by atoms with E-state index in [2.05, 4.69) is 24.1 Å². The van der Waals surface area contributed by atoms with Crippen molar-refractivity contribution in [3.8, 4) is 0 Å². The number of hydrogen-bond acceptors (Lipinski definition) is 3. The lowest BCUT2D eigenvalue weighted by atomic mass is 9.98. The highest BCUT2D eigenvalue weighted by Gasteiger charge is 2.33. The van der Waals surface area contributed by atoms with E-state index in [1.165, 1.54) is 45.1 Å². The molecule has 2 saturated carbocycles. The van der Waals surface area contributed by atoms with Gasteiger partial charge < -0.3 is 10.1 Å². The van der Waals surface area contributed by atoms with Gasteiger partial charge in [-0.2, -0.15) is 0 Å². The number of nitrogens with zero attached hydrogens (tertiary/aromatic N) is 1. The molecule has 0 bridgehead atoms. The van der Waals surface area contributed by atoms with Crippen LogP contribution in [-0.4, -0.2) is 50.3 Å². The summed E-state index contributed by atoms with van der Waals surface area (Å²) in [4.78, 5) is 2.68. The Morgan fingerprint density at radius 1 is 1.20 bits per heavy atom. The summed E-state index contributed by atoms with van der Waals surface area (Å²) in [5.74, 6) is 1.85. The van der Waals surface area contributed by atoms with E-state index >= 15 is 0 Å². The first-order valence-corrected chi connectivity index (χ1v) is 8.72. The van der Waals surface area contributed by atoms with Crippen LogP contribution in [0.15, 0.2) is 0 Å². The molecule has 0 aliphatic heterocycles. The van der Waals surface area contributed by atoms with Crippen molar-refractivity contribution < 1.29 is 4.74 Å². The van der Waals surface area contributed by atoms with Crippen LogP contribution in [0.2, 0.25) is 0 Å². The fourth-order valence-electron chi connectivity index (χ4n) is 3.85. The fourth-order valence-corrected chi connectivity index (χ4v) is 3.85. The second-order valence-corrected chi connectivity index (χ2v) is 6.75. The lowest BCUT2D eigenvalue weighted by molar-refractivity contribution is 0.110. The van der Waals surface area contributed by atoms with Crippen LogP contribution in [0.1, 0.15) is 52.4 Å². The molecule has 2 aliphatic carbocycles. The lowest BCUT2D eigenvalue weighted by Crippen LogP contribution is -2.40. The molecule has 3 unspecified atom stereocenters. The van der Waals surface area contributed by atoms with E-state index in [0.29, 0.717) is 0 Å². The summed E-state index contributed by atoms with van der Waals surface area (Å²) in [7, 11) is 1.82. The van der Waals surface area contributed by atoms with Crippen molar-refractivity contribution in [3.05, 3.63) is 0 Å². The maximum Gasteiger partial charge on any atom is 0.0589 e. The van der Waals surface area contributed by atoms with Gasteiger partial charge in [0, 0.05) is 25.7 Å². The summed E-state index contributed by atoms with van der Waals surface area (Å²) in [5, 5.41) is 3.68. The molecule has 0 heterocycles. The van der Waals surface area contributed by atoms with E-state index < -0.39 is 0 Å². The predicted octanol–water partition coefficient (Wildman–Crippen LogP) is 2.90. The van der Waals surface area contributed by atoms with Crippen LogP contribution in [0.25, 0.3) is 0 Å². The van der Waals surface area contributed by atoms with Gasteiger partial charge in [0.15, 0.2) is 0 Å². The van der Waals surface area contributed by atoms with Gasteiger partial charge in [-0.25, -0.2) is 0 Å². The average molecular weight is 282 g/mol. The second-order valence-electron chi connectivity index (χ2n) is 6.75. The molecule has 0 aromatic carbocycles. The Balaban J connectivity index is 1.77. The zero-order valence-electron chi connectivity index (χ0n) is 13.7. The first kappa shape index (κ1) is 16.3. The third-order valence-electron chi connectivity index (χ3n) is 5.38. The smallest absolute Gasteiger partial charge is 0.0589 e. The Morgan fingerprint density at radius 2 is 2.00 bits per heavy atom. The van der Waals surface area contributed by atoms with Crippen LogP contribution >= 0.6 is 0 Å². The van der Waals surface area contributed by atoms with Gasteiger partial charge in [-0.1, -0.05) is 13.3 Å². The highest BCUT2D eigenvalue weighted by molar-refractivity contribution is 4.87. The zero-order chi connectivity index (χ0) is 14.4. The molecule has 3 heteroatoms. The molecule has 118 valence electrons. The van der Waals surface area contributed by atoms with Crippen LogP contribution in [0.3, 0.4) is 0 Å². The minimum atomic E-state index is 0.754. The Labute approximate surface area is 125 Å². The largest absolute Gasteiger partial charge is 0.383 e. The van der Waals surface area contributed by atoms with Gasteiger partial charge in [0.2, 0.25) is 0 Å². The SMILES string of the molecule is CCNC1CCCC1CCN(CCOC)C(C)C1CC1. The van der Waals surface area contributed by atoms with Gasteiger partial charge in [-0.05, 0) is 64.0 Å². The molecule has 0 saturated heterocycles. The number of methoxy groups -OCH3 is 1. The summed E-state index contributed by atoms with van der Waals surface area (Å²) in [6, 6.07) is 1.53. The van der Waals surface area contributed by atoms with E-state index in [9.17, 15) is 0 Å². The van der Waals surface area contributed by atoms with Crippen molar-refractivity contribution in [1.82, 2.24) is 10.2 Å². The number of hydrogen-bond donors (Lipinski definition) is 1. The standard InChI is InChI=1S/C17H34N2O/c1-4-18-17-7-5-6-16(17)10-11-19(12-13-20-3)14(2)15-8-9-15/h14-18H,4-13H2,1-3H3. The molecule has 0 amide bonds. The highest BCUT2D eigenvalue weighted by Crippen LogP contribution is 2.36. The summed E-state index contributed by atoms with van der Waals surface area (Å²) in [5.41, 5.74) is 0. The molecule has 2 rings (SSSR count). The van der Waals surface area contributed by atoms with Gasteiger partial charge >= 0.3 is 0 Å². The van der Waals surface area contributed by atoms with E-state index in [1.807, 2.05) is 7.11 Å². The van der Waals surface area contributed by atoms with Crippen molar-refractivity contribution in [2.24, 2.45) is 11.8 Å². The van der Waals surface area contributed by atoms with Crippen molar-refractivity contribution in [1.29, 1.82) is 0 Å². The Kier molecular flexibility index (Phi) is 6.79. The molecule has 0 aromatic heterocycles. The van der Waals surface area contributed by atoms with Gasteiger partial charge in [0.05, 0.1) is 6.61 Å². The normalized spacial score (nSPS) is 28.2. The van der Waals surface area contributed by atoms with E-state index in [1.54, 1.807) is 0 Å². The van der Waals surface area contributed by atoms with Crippen molar-refractivity contribution in [3.63, 3.8) is 0 Å². The van der Waals surface area contributed by atoms with Gasteiger partial charge in [-0.15, -0.1) is 0 Å². The van der Waals surface area contributed by atoms with Crippen molar-refractivity contribution in [2.75, 3.05) is 33.4 Å². The minimum Gasteiger partial charge on any atom is -0.383 e. The van der Waals surface area contributed by atoms with Crippen LogP contribution < -0.4 is 5.32 Å². The van der Waals surface area contributed by atoms with E-state index in [-0.39, 0.29) is 0 Å². The maximum absolute atomic E-state index is 5.30. The summed E-state index contributed by atoms with van der Waals surface area (Å²) >= 11 is 0. The van der Waals surface area contributed by atoms with Gasteiger partial charge in [0.1, 0.15) is 0 Å². The molecular weight excluding hydrogens is 248 g/mol. The van der Waals surface area contributed by atoms with Crippen LogP contribution in [0, 0.1) is 11.8 Å². The molecule has 3 atom stereocenters. The van der Waals surface area contributed by atoms with E-state index in [0.717, 1.165) is 43.6 Å². The van der Waals surface area contributed by atoms with Crippen LogP contribution in [-0.2, 0) is 4.74 Å². The van der Waals surface area contributed by atoms with Crippen molar-refractivity contribution >= 4 is 0 Å². The zero-order valence-corrected chi connectivity index (χ0v) is 13.7. The second kappa shape index (κ2) is 8.35. The van der Waals surface area contributed by atoms with Gasteiger partial charge in [-0.3, -0.25) is 4.90 Å². The fraction of sp³-hybridized carbons (Fsp3) is 1.00. The molecule has 0 radical (unpaired) electrons. The Morgan fingerprint density at radius 3 is 2.65 bits per heavy atom. The molecule has 2 aliphatic rings. The average Bonchev–Trinajstić information content (AvgIpc) is 3.21. The third kappa shape index (κ3) is 4.71. The molecular formula is C17H34N2O.